The van der Waals surface area contributed by atoms with Crippen molar-refractivity contribution < 1.29 is 0 Å². The first-order valence-electron chi connectivity index (χ1n) is 6.69. The van der Waals surface area contributed by atoms with Gasteiger partial charge < -0.3 is 9.88 Å². The third kappa shape index (κ3) is 2.15. The fourth-order valence-corrected chi connectivity index (χ4v) is 2.64. The predicted octanol–water partition coefficient (Wildman–Crippen LogP) is 3.57. The zero-order chi connectivity index (χ0) is 13.1. The molecule has 0 aliphatic heterocycles. The number of para-hydroxylation sites is 2. The summed E-state index contributed by atoms with van der Waals surface area (Å²) >= 11 is 0. The number of aromatic nitrogens is 1. The number of fused-ring (bicyclic) bond motifs is 3. The smallest absolute Gasteiger partial charge is 0.0491 e. The highest BCUT2D eigenvalue weighted by Crippen LogP contribution is 2.28. The first kappa shape index (κ1) is 12.0. The summed E-state index contributed by atoms with van der Waals surface area (Å²) in [5, 5.41) is 6.03. The SMILES string of the molecule is C=CCNCCn1c2ccccc2c2ccccc21. The molecular weight excluding hydrogens is 232 g/mol. The molecule has 0 saturated carbocycles. The van der Waals surface area contributed by atoms with Gasteiger partial charge in [0.25, 0.3) is 0 Å². The fourth-order valence-electron chi connectivity index (χ4n) is 2.64. The summed E-state index contributed by atoms with van der Waals surface area (Å²) in [6.45, 7) is 6.51. The van der Waals surface area contributed by atoms with Gasteiger partial charge in [-0.15, -0.1) is 6.58 Å². The summed E-state index contributed by atoms with van der Waals surface area (Å²) in [6, 6.07) is 17.2. The van der Waals surface area contributed by atoms with E-state index in [4.69, 9.17) is 0 Å². The van der Waals surface area contributed by atoms with Crippen LogP contribution in [0.3, 0.4) is 0 Å². The summed E-state index contributed by atoms with van der Waals surface area (Å²) in [5.74, 6) is 0. The van der Waals surface area contributed by atoms with E-state index >= 15 is 0 Å². The average Bonchev–Trinajstić information content (AvgIpc) is 2.78. The standard InChI is InChI=1S/C17H18N2/c1-2-11-18-12-13-19-16-9-5-3-7-14(16)15-8-4-6-10-17(15)19/h2-10,18H,1,11-13H2. The second-order valence-corrected chi connectivity index (χ2v) is 4.68. The minimum absolute atomic E-state index is 0.858. The highest BCUT2D eigenvalue weighted by Gasteiger charge is 2.08. The van der Waals surface area contributed by atoms with Gasteiger partial charge in [0.1, 0.15) is 0 Å². The highest BCUT2D eigenvalue weighted by molar-refractivity contribution is 6.07. The lowest BCUT2D eigenvalue weighted by atomic mass is 10.2. The molecule has 19 heavy (non-hydrogen) atoms. The second kappa shape index (κ2) is 5.29. The molecule has 0 spiro atoms. The first-order valence-corrected chi connectivity index (χ1v) is 6.69. The predicted molar refractivity (Wildman–Crippen MR) is 82.5 cm³/mol. The van der Waals surface area contributed by atoms with Gasteiger partial charge in [-0.3, -0.25) is 0 Å². The van der Waals surface area contributed by atoms with Crippen LogP contribution in [0.25, 0.3) is 21.8 Å². The summed E-state index contributed by atoms with van der Waals surface area (Å²) in [6.07, 6.45) is 1.89. The van der Waals surface area contributed by atoms with Gasteiger partial charge in [0.2, 0.25) is 0 Å². The molecule has 2 heteroatoms. The number of hydrogen-bond donors (Lipinski definition) is 1. The molecule has 0 bridgehead atoms. The summed E-state index contributed by atoms with van der Waals surface area (Å²) in [5.41, 5.74) is 2.62. The van der Waals surface area contributed by atoms with Crippen molar-refractivity contribution in [2.45, 2.75) is 6.54 Å². The number of benzene rings is 2. The summed E-state index contributed by atoms with van der Waals surface area (Å²) in [4.78, 5) is 0. The molecule has 0 aliphatic carbocycles. The Morgan fingerprint density at radius 2 is 1.53 bits per heavy atom. The molecule has 0 fully saturated rings. The third-order valence-electron chi connectivity index (χ3n) is 3.48. The van der Waals surface area contributed by atoms with Gasteiger partial charge >= 0.3 is 0 Å². The first-order chi connectivity index (χ1) is 9.42. The highest BCUT2D eigenvalue weighted by atomic mass is 15.0. The van der Waals surface area contributed by atoms with E-state index in [-0.39, 0.29) is 0 Å². The fraction of sp³-hybridized carbons (Fsp3) is 0.176. The Morgan fingerprint density at radius 3 is 2.11 bits per heavy atom. The van der Waals surface area contributed by atoms with E-state index in [2.05, 4.69) is 65.0 Å². The Hall–Kier alpha value is -2.06. The topological polar surface area (TPSA) is 17.0 Å². The van der Waals surface area contributed by atoms with Crippen LogP contribution < -0.4 is 5.32 Å². The Kier molecular flexibility index (Phi) is 3.34. The molecule has 1 aromatic heterocycles. The second-order valence-electron chi connectivity index (χ2n) is 4.68. The Bertz CT molecular complexity index is 656. The maximum absolute atomic E-state index is 3.73. The molecule has 0 atom stereocenters. The van der Waals surface area contributed by atoms with Crippen molar-refractivity contribution >= 4 is 21.8 Å². The molecule has 3 aromatic rings. The van der Waals surface area contributed by atoms with Crippen molar-refractivity contribution in [3.05, 3.63) is 61.2 Å². The minimum atomic E-state index is 0.858. The molecule has 0 radical (unpaired) electrons. The van der Waals surface area contributed by atoms with Crippen LogP contribution >= 0.6 is 0 Å². The van der Waals surface area contributed by atoms with E-state index in [9.17, 15) is 0 Å². The van der Waals surface area contributed by atoms with Gasteiger partial charge in [-0.05, 0) is 12.1 Å². The third-order valence-corrected chi connectivity index (χ3v) is 3.48. The van der Waals surface area contributed by atoms with Crippen molar-refractivity contribution in [1.82, 2.24) is 9.88 Å². The van der Waals surface area contributed by atoms with E-state index in [1.165, 1.54) is 21.8 Å². The maximum atomic E-state index is 3.73. The normalized spacial score (nSPS) is 11.2. The largest absolute Gasteiger partial charge is 0.339 e. The lowest BCUT2D eigenvalue weighted by Gasteiger charge is -2.07. The number of rotatable bonds is 5. The van der Waals surface area contributed by atoms with E-state index in [1.54, 1.807) is 0 Å². The van der Waals surface area contributed by atoms with Crippen molar-refractivity contribution in [3.8, 4) is 0 Å². The van der Waals surface area contributed by atoms with Gasteiger partial charge in [-0.2, -0.15) is 0 Å². The Labute approximate surface area is 113 Å². The Balaban J connectivity index is 2.06. The van der Waals surface area contributed by atoms with Crippen LogP contribution in [-0.4, -0.2) is 17.7 Å². The van der Waals surface area contributed by atoms with Crippen LogP contribution in [0.2, 0.25) is 0 Å². The molecule has 2 nitrogen and oxygen atoms in total. The molecule has 0 saturated heterocycles. The van der Waals surface area contributed by atoms with Gasteiger partial charge in [-0.1, -0.05) is 42.5 Å². The van der Waals surface area contributed by atoms with Crippen LogP contribution in [0, 0.1) is 0 Å². The van der Waals surface area contributed by atoms with Gasteiger partial charge in [0.15, 0.2) is 0 Å². The van der Waals surface area contributed by atoms with E-state index in [0.717, 1.165) is 19.6 Å². The van der Waals surface area contributed by atoms with Crippen molar-refractivity contribution in [3.63, 3.8) is 0 Å². The average molecular weight is 250 g/mol. The summed E-state index contributed by atoms with van der Waals surface area (Å²) in [7, 11) is 0. The van der Waals surface area contributed by atoms with Crippen molar-refractivity contribution in [1.29, 1.82) is 0 Å². The zero-order valence-electron chi connectivity index (χ0n) is 11.0. The Morgan fingerprint density at radius 1 is 0.947 bits per heavy atom. The maximum Gasteiger partial charge on any atom is 0.0491 e. The molecule has 1 N–H and O–H groups in total. The molecule has 0 amide bonds. The molecule has 3 rings (SSSR count). The van der Waals surface area contributed by atoms with Crippen molar-refractivity contribution in [2.75, 3.05) is 13.1 Å². The molecule has 96 valence electrons. The minimum Gasteiger partial charge on any atom is -0.339 e. The van der Waals surface area contributed by atoms with Crippen LogP contribution in [0.15, 0.2) is 61.2 Å². The molecule has 0 unspecified atom stereocenters. The van der Waals surface area contributed by atoms with Crippen LogP contribution in [0.5, 0.6) is 0 Å². The van der Waals surface area contributed by atoms with Crippen LogP contribution in [0.1, 0.15) is 0 Å². The van der Waals surface area contributed by atoms with Crippen LogP contribution in [-0.2, 0) is 6.54 Å². The van der Waals surface area contributed by atoms with Crippen LogP contribution in [0.4, 0.5) is 0 Å². The van der Waals surface area contributed by atoms with E-state index in [0.29, 0.717) is 0 Å². The number of nitrogens with zero attached hydrogens (tertiary/aromatic N) is 1. The monoisotopic (exact) mass is 250 g/mol. The number of hydrogen-bond acceptors (Lipinski definition) is 1. The molecule has 2 aromatic carbocycles. The van der Waals surface area contributed by atoms with Crippen molar-refractivity contribution in [2.24, 2.45) is 0 Å². The van der Waals surface area contributed by atoms with Gasteiger partial charge in [0.05, 0.1) is 0 Å². The zero-order valence-corrected chi connectivity index (χ0v) is 11.0. The van der Waals surface area contributed by atoms with E-state index in [1.807, 2.05) is 6.08 Å². The quantitative estimate of drug-likeness (QED) is 0.541. The lowest BCUT2D eigenvalue weighted by molar-refractivity contribution is 0.652. The van der Waals surface area contributed by atoms with Gasteiger partial charge in [-0.25, -0.2) is 0 Å². The lowest BCUT2D eigenvalue weighted by Crippen LogP contribution is -2.19. The van der Waals surface area contributed by atoms with Gasteiger partial charge in [0, 0.05) is 41.4 Å². The summed E-state index contributed by atoms with van der Waals surface area (Å²) < 4.78 is 2.39. The molecule has 1 heterocycles. The molecule has 0 aliphatic rings. The van der Waals surface area contributed by atoms with E-state index < -0.39 is 0 Å². The molecular formula is C17H18N2. The number of nitrogens with one attached hydrogen (secondary N) is 1.